The van der Waals surface area contributed by atoms with Crippen molar-refractivity contribution in [3.05, 3.63) is 59.4 Å². The van der Waals surface area contributed by atoms with Gasteiger partial charge in [0.05, 0.1) is 6.04 Å². The third-order valence-electron chi connectivity index (χ3n) is 3.27. The molecule has 0 unspecified atom stereocenters. The molecule has 3 rings (SSSR count). The van der Waals surface area contributed by atoms with E-state index in [4.69, 9.17) is 0 Å². The Morgan fingerprint density at radius 2 is 2.00 bits per heavy atom. The number of aryl methyl sites for hydroxylation is 1. The molecular weight excluding hydrogens is 196 g/mol. The Hall–Kier alpha value is -1.54. The fraction of sp³-hybridized carbons (Fsp3) is 0.286. The molecule has 1 aromatic carbocycles. The molecule has 1 N–H and O–H groups in total. The molecule has 0 fully saturated rings. The van der Waals surface area contributed by atoms with Gasteiger partial charge >= 0.3 is 0 Å². The zero-order valence-electron chi connectivity index (χ0n) is 9.48. The van der Waals surface area contributed by atoms with E-state index in [1.54, 1.807) is 0 Å². The molecule has 0 spiro atoms. The fourth-order valence-corrected chi connectivity index (χ4v) is 2.37. The highest BCUT2D eigenvalue weighted by Gasteiger charge is 2.20. The Labute approximate surface area is 95.9 Å². The average molecular weight is 212 g/mol. The summed E-state index contributed by atoms with van der Waals surface area (Å²) in [6.07, 6.45) is 2.16. The summed E-state index contributed by atoms with van der Waals surface area (Å²) in [6, 6.07) is 13.5. The van der Waals surface area contributed by atoms with Gasteiger partial charge in [-0.2, -0.15) is 0 Å². The number of aromatic nitrogens is 1. The van der Waals surface area contributed by atoms with Crippen LogP contribution < -0.4 is 5.32 Å². The first-order valence-electron chi connectivity index (χ1n) is 5.79. The van der Waals surface area contributed by atoms with Crippen molar-refractivity contribution in [3.63, 3.8) is 0 Å². The second kappa shape index (κ2) is 3.80. The number of nitrogens with one attached hydrogen (secondary N) is 1. The van der Waals surface area contributed by atoms with Gasteiger partial charge in [0.25, 0.3) is 0 Å². The van der Waals surface area contributed by atoms with Crippen LogP contribution >= 0.6 is 0 Å². The number of fused-ring (bicyclic) bond motifs is 1. The molecule has 2 nitrogen and oxygen atoms in total. The van der Waals surface area contributed by atoms with Gasteiger partial charge in [-0.25, -0.2) is 0 Å². The summed E-state index contributed by atoms with van der Waals surface area (Å²) in [5.41, 5.74) is 4.04. The zero-order valence-corrected chi connectivity index (χ0v) is 9.48. The van der Waals surface area contributed by atoms with Crippen molar-refractivity contribution in [2.75, 3.05) is 6.54 Å². The van der Waals surface area contributed by atoms with Crippen LogP contribution in [0.2, 0.25) is 0 Å². The van der Waals surface area contributed by atoms with Crippen molar-refractivity contribution in [1.82, 2.24) is 9.88 Å². The van der Waals surface area contributed by atoms with Crippen LogP contribution in [0.15, 0.2) is 42.6 Å². The van der Waals surface area contributed by atoms with Crippen LogP contribution in [0.3, 0.4) is 0 Å². The Kier molecular flexibility index (Phi) is 2.29. The van der Waals surface area contributed by atoms with Crippen molar-refractivity contribution in [2.45, 2.75) is 19.5 Å². The summed E-state index contributed by atoms with van der Waals surface area (Å²) in [5.74, 6) is 0. The highest BCUT2D eigenvalue weighted by atomic mass is 15.1. The van der Waals surface area contributed by atoms with Gasteiger partial charge in [0.1, 0.15) is 0 Å². The standard InChI is InChI=1S/C14H16N2/c1-11-4-6-12(7-5-11)14-13-3-2-9-16(13)10-8-15-14/h2-7,9,14-15H,8,10H2,1H3/t14-/m1/s1. The molecule has 1 atom stereocenters. The van der Waals surface area contributed by atoms with Crippen LogP contribution in [-0.2, 0) is 6.54 Å². The molecule has 1 aliphatic heterocycles. The average Bonchev–Trinajstić information content (AvgIpc) is 2.78. The topological polar surface area (TPSA) is 17.0 Å². The van der Waals surface area contributed by atoms with E-state index >= 15 is 0 Å². The van der Waals surface area contributed by atoms with Crippen LogP contribution in [0.5, 0.6) is 0 Å². The highest BCUT2D eigenvalue weighted by molar-refractivity contribution is 5.31. The minimum atomic E-state index is 0.351. The zero-order chi connectivity index (χ0) is 11.0. The van der Waals surface area contributed by atoms with E-state index in [9.17, 15) is 0 Å². The smallest absolute Gasteiger partial charge is 0.0731 e. The van der Waals surface area contributed by atoms with Gasteiger partial charge in [0.15, 0.2) is 0 Å². The van der Waals surface area contributed by atoms with Gasteiger partial charge in [0.2, 0.25) is 0 Å². The fourth-order valence-electron chi connectivity index (χ4n) is 2.37. The molecule has 2 heterocycles. The molecule has 0 saturated heterocycles. The van der Waals surface area contributed by atoms with E-state index in [1.807, 2.05) is 0 Å². The van der Waals surface area contributed by atoms with Gasteiger partial charge in [-0.15, -0.1) is 0 Å². The van der Waals surface area contributed by atoms with E-state index in [0.717, 1.165) is 13.1 Å². The lowest BCUT2D eigenvalue weighted by Gasteiger charge is -2.26. The highest BCUT2D eigenvalue weighted by Crippen LogP contribution is 2.25. The molecule has 2 aromatic rings. The first-order valence-corrected chi connectivity index (χ1v) is 5.79. The molecule has 1 aliphatic rings. The predicted octanol–water partition coefficient (Wildman–Crippen LogP) is 2.49. The third-order valence-corrected chi connectivity index (χ3v) is 3.27. The van der Waals surface area contributed by atoms with E-state index < -0.39 is 0 Å². The van der Waals surface area contributed by atoms with Crippen LogP contribution in [0.25, 0.3) is 0 Å². The summed E-state index contributed by atoms with van der Waals surface area (Å²) >= 11 is 0. The van der Waals surface area contributed by atoms with E-state index in [0.29, 0.717) is 6.04 Å². The number of hydrogen-bond acceptors (Lipinski definition) is 1. The van der Waals surface area contributed by atoms with E-state index in [2.05, 4.69) is 59.4 Å². The molecule has 0 bridgehead atoms. The molecule has 1 aromatic heterocycles. The van der Waals surface area contributed by atoms with Crippen molar-refractivity contribution >= 4 is 0 Å². The Balaban J connectivity index is 2.00. The Morgan fingerprint density at radius 3 is 2.81 bits per heavy atom. The van der Waals surface area contributed by atoms with Gasteiger partial charge in [-0.1, -0.05) is 29.8 Å². The number of benzene rings is 1. The summed E-state index contributed by atoms with van der Waals surface area (Å²) < 4.78 is 2.33. The third kappa shape index (κ3) is 1.55. The molecule has 82 valence electrons. The molecule has 16 heavy (non-hydrogen) atoms. The molecular formula is C14H16N2. The Morgan fingerprint density at radius 1 is 1.19 bits per heavy atom. The van der Waals surface area contributed by atoms with Crippen LogP contribution in [0, 0.1) is 6.92 Å². The van der Waals surface area contributed by atoms with Gasteiger partial charge in [-0.3, -0.25) is 0 Å². The minimum absolute atomic E-state index is 0.351. The van der Waals surface area contributed by atoms with Crippen LogP contribution in [-0.4, -0.2) is 11.1 Å². The molecule has 0 radical (unpaired) electrons. The number of nitrogens with zero attached hydrogens (tertiary/aromatic N) is 1. The lowest BCUT2D eigenvalue weighted by molar-refractivity contribution is 0.467. The summed E-state index contributed by atoms with van der Waals surface area (Å²) in [6.45, 7) is 4.24. The van der Waals surface area contributed by atoms with Crippen LogP contribution in [0.4, 0.5) is 0 Å². The SMILES string of the molecule is Cc1ccc([C@H]2NCCn3cccc32)cc1. The van der Waals surface area contributed by atoms with Crippen molar-refractivity contribution in [3.8, 4) is 0 Å². The monoisotopic (exact) mass is 212 g/mol. The predicted molar refractivity (Wildman–Crippen MR) is 65.5 cm³/mol. The summed E-state index contributed by atoms with van der Waals surface area (Å²) in [4.78, 5) is 0. The van der Waals surface area contributed by atoms with Crippen molar-refractivity contribution in [2.24, 2.45) is 0 Å². The van der Waals surface area contributed by atoms with Crippen molar-refractivity contribution < 1.29 is 0 Å². The molecule has 0 amide bonds. The first kappa shape index (κ1) is 9.67. The molecule has 0 saturated carbocycles. The lowest BCUT2D eigenvalue weighted by Crippen LogP contribution is -2.33. The first-order chi connectivity index (χ1) is 7.84. The maximum absolute atomic E-state index is 3.58. The molecule has 0 aliphatic carbocycles. The second-order valence-electron chi connectivity index (χ2n) is 4.42. The normalized spacial score (nSPS) is 19.4. The Bertz CT molecular complexity index is 482. The van der Waals surface area contributed by atoms with Gasteiger partial charge in [0, 0.05) is 25.0 Å². The molecule has 2 heteroatoms. The maximum Gasteiger partial charge on any atom is 0.0731 e. The van der Waals surface area contributed by atoms with Gasteiger partial charge < -0.3 is 9.88 Å². The van der Waals surface area contributed by atoms with E-state index in [-0.39, 0.29) is 0 Å². The summed E-state index contributed by atoms with van der Waals surface area (Å²) in [7, 11) is 0. The number of rotatable bonds is 1. The quantitative estimate of drug-likeness (QED) is 0.768. The largest absolute Gasteiger partial charge is 0.348 e. The van der Waals surface area contributed by atoms with E-state index in [1.165, 1.54) is 16.8 Å². The number of hydrogen-bond donors (Lipinski definition) is 1. The summed E-state index contributed by atoms with van der Waals surface area (Å²) in [5, 5.41) is 3.58. The lowest BCUT2D eigenvalue weighted by atomic mass is 10.0. The van der Waals surface area contributed by atoms with Crippen molar-refractivity contribution in [1.29, 1.82) is 0 Å². The van der Waals surface area contributed by atoms with Gasteiger partial charge in [-0.05, 0) is 24.6 Å². The minimum Gasteiger partial charge on any atom is -0.348 e. The second-order valence-corrected chi connectivity index (χ2v) is 4.42. The van der Waals surface area contributed by atoms with Crippen LogP contribution in [0.1, 0.15) is 22.9 Å². The maximum atomic E-state index is 3.58.